The Balaban J connectivity index is 2.76. The van der Waals surface area contributed by atoms with Crippen LogP contribution in [0.1, 0.15) is 13.8 Å². The Morgan fingerprint density at radius 1 is 1.42 bits per heavy atom. The summed E-state index contributed by atoms with van der Waals surface area (Å²) < 4.78 is 30.6. The van der Waals surface area contributed by atoms with Gasteiger partial charge < -0.3 is 10.1 Å². The smallest absolute Gasteiger partial charge is 0.326 e. The van der Waals surface area contributed by atoms with Gasteiger partial charge in [0.05, 0.1) is 7.11 Å². The van der Waals surface area contributed by atoms with E-state index in [9.17, 15) is 13.6 Å². The number of hydrogen-bond acceptors (Lipinski definition) is 4. The molecule has 3 nitrogen and oxygen atoms in total. The third-order valence-electron chi connectivity index (χ3n) is 2.62. The predicted molar refractivity (Wildman–Crippen MR) is 71.2 cm³/mol. The van der Waals surface area contributed by atoms with Crippen molar-refractivity contribution in [2.24, 2.45) is 0 Å². The molecule has 0 bridgehead atoms. The molecule has 1 N–H and O–H groups in total. The lowest BCUT2D eigenvalue weighted by molar-refractivity contribution is -0.146. The van der Waals surface area contributed by atoms with E-state index >= 15 is 0 Å². The number of methoxy groups -OCH3 is 1. The summed E-state index contributed by atoms with van der Waals surface area (Å²) >= 11 is 1.26. The maximum Gasteiger partial charge on any atom is 0.326 e. The first-order valence-electron chi connectivity index (χ1n) is 5.84. The number of ether oxygens (including phenoxy) is 1. The van der Waals surface area contributed by atoms with Crippen molar-refractivity contribution in [3.63, 3.8) is 0 Å². The minimum atomic E-state index is -0.895. The Morgan fingerprint density at radius 3 is 2.63 bits per heavy atom. The first-order chi connectivity index (χ1) is 8.92. The summed E-state index contributed by atoms with van der Waals surface area (Å²) in [6.07, 6.45) is 0. The molecule has 0 spiro atoms. The van der Waals surface area contributed by atoms with Gasteiger partial charge in [-0.3, -0.25) is 4.79 Å². The first-order valence-corrected chi connectivity index (χ1v) is 6.83. The number of carbonyl (C=O) groups is 1. The summed E-state index contributed by atoms with van der Waals surface area (Å²) in [7, 11) is 1.32. The molecule has 106 valence electrons. The highest BCUT2D eigenvalue weighted by Gasteiger charge is 2.33. The Morgan fingerprint density at radius 2 is 2.11 bits per heavy atom. The van der Waals surface area contributed by atoms with Gasteiger partial charge in [0, 0.05) is 10.6 Å². The van der Waals surface area contributed by atoms with Crippen molar-refractivity contribution >= 4 is 17.7 Å². The van der Waals surface area contributed by atoms with E-state index in [4.69, 9.17) is 4.74 Å². The lowest BCUT2D eigenvalue weighted by Crippen LogP contribution is -2.52. The zero-order valence-corrected chi connectivity index (χ0v) is 11.9. The molecule has 1 aromatic carbocycles. The normalized spacial score (nSPS) is 13.9. The predicted octanol–water partition coefficient (Wildman–Crippen LogP) is 2.60. The lowest BCUT2D eigenvalue weighted by Gasteiger charge is -2.27. The van der Waals surface area contributed by atoms with Crippen molar-refractivity contribution in [2.75, 3.05) is 19.4 Å². The summed E-state index contributed by atoms with van der Waals surface area (Å²) in [5.41, 5.74) is -0.862. The molecule has 0 radical (unpaired) electrons. The molecule has 1 unspecified atom stereocenters. The minimum absolute atomic E-state index is 0.360. The molecule has 1 aromatic rings. The zero-order valence-electron chi connectivity index (χ0n) is 11.1. The Labute approximate surface area is 115 Å². The third kappa shape index (κ3) is 4.18. The second-order valence-corrected chi connectivity index (χ2v) is 5.27. The maximum absolute atomic E-state index is 13.1. The van der Waals surface area contributed by atoms with Gasteiger partial charge >= 0.3 is 5.97 Å². The van der Waals surface area contributed by atoms with E-state index in [-0.39, 0.29) is 5.97 Å². The molecule has 6 heteroatoms. The first kappa shape index (κ1) is 15.9. The van der Waals surface area contributed by atoms with Gasteiger partial charge in [0.2, 0.25) is 0 Å². The molecular formula is C13H17F2NO2S. The van der Waals surface area contributed by atoms with Crippen LogP contribution in [0.25, 0.3) is 0 Å². The van der Waals surface area contributed by atoms with Crippen LogP contribution in [0, 0.1) is 11.6 Å². The van der Waals surface area contributed by atoms with Gasteiger partial charge in [-0.05, 0) is 31.7 Å². The number of benzene rings is 1. The number of likely N-dealkylation sites (N-methyl/N-ethyl adjacent to an activating group) is 1. The van der Waals surface area contributed by atoms with Crippen molar-refractivity contribution in [1.82, 2.24) is 5.32 Å². The van der Waals surface area contributed by atoms with Crippen LogP contribution in [-0.4, -0.2) is 30.9 Å². The Hall–Kier alpha value is -1.14. The number of thioether (sulfide) groups is 1. The largest absolute Gasteiger partial charge is 0.468 e. The van der Waals surface area contributed by atoms with Crippen LogP contribution >= 0.6 is 11.8 Å². The average molecular weight is 289 g/mol. The topological polar surface area (TPSA) is 38.3 Å². The zero-order chi connectivity index (χ0) is 14.5. The molecule has 0 amide bonds. The Bertz CT molecular complexity index is 456. The summed E-state index contributed by atoms with van der Waals surface area (Å²) in [5, 5.41) is 3.04. The second-order valence-electron chi connectivity index (χ2n) is 4.22. The fourth-order valence-electron chi connectivity index (χ4n) is 1.59. The lowest BCUT2D eigenvalue weighted by atomic mass is 10.1. The number of esters is 1. The molecule has 0 aliphatic heterocycles. The monoisotopic (exact) mass is 289 g/mol. The Kier molecular flexibility index (Phi) is 5.75. The van der Waals surface area contributed by atoms with Crippen molar-refractivity contribution in [3.05, 3.63) is 29.8 Å². The van der Waals surface area contributed by atoms with Crippen LogP contribution in [0.2, 0.25) is 0 Å². The van der Waals surface area contributed by atoms with Crippen LogP contribution in [0.4, 0.5) is 8.78 Å². The molecule has 0 aliphatic carbocycles. The van der Waals surface area contributed by atoms with E-state index in [2.05, 4.69) is 5.32 Å². The highest BCUT2D eigenvalue weighted by Crippen LogP contribution is 2.25. The maximum atomic E-state index is 13.1. The van der Waals surface area contributed by atoms with Gasteiger partial charge in [-0.15, -0.1) is 11.8 Å². The van der Waals surface area contributed by atoms with E-state index < -0.39 is 17.2 Å². The van der Waals surface area contributed by atoms with Crippen molar-refractivity contribution in [2.45, 2.75) is 24.3 Å². The number of hydrogen-bond donors (Lipinski definition) is 1. The van der Waals surface area contributed by atoms with Gasteiger partial charge in [-0.25, -0.2) is 8.78 Å². The van der Waals surface area contributed by atoms with Gasteiger partial charge in [0.1, 0.15) is 5.54 Å². The van der Waals surface area contributed by atoms with Crippen LogP contribution in [0.15, 0.2) is 23.1 Å². The van der Waals surface area contributed by atoms with Crippen molar-refractivity contribution in [1.29, 1.82) is 0 Å². The summed E-state index contributed by atoms with van der Waals surface area (Å²) in [5.74, 6) is -1.80. The van der Waals surface area contributed by atoms with Crippen molar-refractivity contribution in [3.8, 4) is 0 Å². The molecule has 1 rings (SSSR count). The van der Waals surface area contributed by atoms with Crippen molar-refractivity contribution < 1.29 is 18.3 Å². The number of nitrogens with one attached hydrogen (secondary N) is 1. The summed E-state index contributed by atoms with van der Waals surface area (Å²) in [6, 6.07) is 3.66. The van der Waals surface area contributed by atoms with Gasteiger partial charge in [-0.1, -0.05) is 6.92 Å². The quantitative estimate of drug-likeness (QED) is 0.645. The van der Waals surface area contributed by atoms with Gasteiger partial charge in [0.15, 0.2) is 11.6 Å². The molecule has 0 saturated heterocycles. The average Bonchev–Trinajstić information content (AvgIpc) is 2.39. The molecular weight excluding hydrogens is 272 g/mol. The van der Waals surface area contributed by atoms with Crippen LogP contribution < -0.4 is 5.32 Å². The fourth-order valence-corrected chi connectivity index (χ4v) is 2.62. The van der Waals surface area contributed by atoms with E-state index in [1.165, 1.54) is 24.9 Å². The van der Waals surface area contributed by atoms with E-state index in [0.29, 0.717) is 17.2 Å². The summed E-state index contributed by atoms with van der Waals surface area (Å²) in [4.78, 5) is 12.3. The van der Waals surface area contributed by atoms with Crippen LogP contribution in [0.5, 0.6) is 0 Å². The van der Waals surface area contributed by atoms with E-state index in [1.54, 1.807) is 6.92 Å². The van der Waals surface area contributed by atoms with E-state index in [1.807, 2.05) is 6.92 Å². The molecule has 0 heterocycles. The number of carbonyl (C=O) groups excluding carboxylic acids is 1. The minimum Gasteiger partial charge on any atom is -0.468 e. The van der Waals surface area contributed by atoms with Gasteiger partial charge in [-0.2, -0.15) is 0 Å². The molecule has 0 saturated carbocycles. The standard InChI is InChI=1S/C13H17F2NO2S/c1-4-16-13(2,12(17)18-3)8-19-9-5-6-10(14)11(15)7-9/h5-7,16H,4,8H2,1-3H3. The summed E-state index contributed by atoms with van der Waals surface area (Å²) in [6.45, 7) is 4.20. The highest BCUT2D eigenvalue weighted by molar-refractivity contribution is 7.99. The number of halogens is 2. The molecule has 0 aliphatic rings. The molecule has 1 atom stereocenters. The second kappa shape index (κ2) is 6.86. The van der Waals surface area contributed by atoms with E-state index in [0.717, 1.165) is 12.1 Å². The highest BCUT2D eigenvalue weighted by atomic mass is 32.2. The molecule has 19 heavy (non-hydrogen) atoms. The van der Waals surface area contributed by atoms with Crippen LogP contribution in [0.3, 0.4) is 0 Å². The molecule has 0 aromatic heterocycles. The molecule has 0 fully saturated rings. The SMILES string of the molecule is CCNC(C)(CSc1ccc(F)c(F)c1)C(=O)OC. The third-order valence-corrected chi connectivity index (χ3v) is 3.93. The number of rotatable bonds is 6. The van der Waals surface area contributed by atoms with Gasteiger partial charge in [0.25, 0.3) is 0 Å². The van der Waals surface area contributed by atoms with Crippen LogP contribution in [-0.2, 0) is 9.53 Å². The fraction of sp³-hybridized carbons (Fsp3) is 0.462.